The summed E-state index contributed by atoms with van der Waals surface area (Å²) in [6.45, 7) is 6.11. The first-order chi connectivity index (χ1) is 9.29. The molecule has 0 N–H and O–H groups in total. The minimum absolute atomic E-state index is 0.106. The lowest BCUT2D eigenvalue weighted by Gasteiger charge is -2.27. The minimum Gasteiger partial charge on any atom is -0.458 e. The van der Waals surface area contributed by atoms with Gasteiger partial charge in [0.25, 0.3) is 5.91 Å². The molecule has 2 rings (SSSR count). The van der Waals surface area contributed by atoms with Crippen molar-refractivity contribution < 1.29 is 14.3 Å². The van der Waals surface area contributed by atoms with Crippen molar-refractivity contribution in [1.82, 2.24) is 9.47 Å². The van der Waals surface area contributed by atoms with Crippen molar-refractivity contribution >= 4 is 11.9 Å². The summed E-state index contributed by atoms with van der Waals surface area (Å²) in [5.74, 6) is -0.414. The molecule has 1 amide bonds. The van der Waals surface area contributed by atoms with Crippen LogP contribution in [0.5, 0.6) is 0 Å². The maximum atomic E-state index is 12.5. The Kier molecular flexibility index (Phi) is 3.88. The monoisotopic (exact) mass is 278 g/mol. The quantitative estimate of drug-likeness (QED) is 0.777. The van der Waals surface area contributed by atoms with E-state index >= 15 is 0 Å². The summed E-state index contributed by atoms with van der Waals surface area (Å²) in [5.41, 5.74) is 0.0692. The van der Waals surface area contributed by atoms with E-state index in [1.54, 1.807) is 15.5 Å². The number of likely N-dealkylation sites (tertiary alicyclic amines) is 1. The van der Waals surface area contributed by atoms with Gasteiger partial charge in [0.1, 0.15) is 17.3 Å². The summed E-state index contributed by atoms with van der Waals surface area (Å²) < 4.78 is 7.18. The van der Waals surface area contributed by atoms with Crippen molar-refractivity contribution in [3.05, 3.63) is 24.0 Å². The number of hydrogen-bond acceptors (Lipinski definition) is 3. The van der Waals surface area contributed by atoms with Crippen LogP contribution in [0.4, 0.5) is 0 Å². The average molecular weight is 278 g/mol. The lowest BCUT2D eigenvalue weighted by Crippen LogP contribution is -2.44. The molecule has 0 bridgehead atoms. The van der Waals surface area contributed by atoms with Gasteiger partial charge in [-0.1, -0.05) is 0 Å². The average Bonchev–Trinajstić information content (AvgIpc) is 2.93. The van der Waals surface area contributed by atoms with Crippen LogP contribution in [0.15, 0.2) is 18.3 Å². The molecule has 20 heavy (non-hydrogen) atoms. The van der Waals surface area contributed by atoms with Crippen LogP contribution in [0, 0.1) is 0 Å². The van der Waals surface area contributed by atoms with Gasteiger partial charge in [0, 0.05) is 19.8 Å². The summed E-state index contributed by atoms with van der Waals surface area (Å²) in [7, 11) is 1.83. The van der Waals surface area contributed by atoms with Gasteiger partial charge in [-0.05, 0) is 45.7 Å². The number of carbonyl (C=O) groups excluding carboxylic acids is 2. The molecule has 0 spiro atoms. The third-order valence-electron chi connectivity index (χ3n) is 3.36. The fraction of sp³-hybridized carbons (Fsp3) is 0.600. The van der Waals surface area contributed by atoms with E-state index in [0.29, 0.717) is 18.7 Å². The van der Waals surface area contributed by atoms with E-state index in [2.05, 4.69) is 0 Å². The topological polar surface area (TPSA) is 51.5 Å². The highest BCUT2D eigenvalue weighted by Gasteiger charge is 2.37. The summed E-state index contributed by atoms with van der Waals surface area (Å²) in [4.78, 5) is 26.3. The molecule has 0 aromatic carbocycles. The molecule has 5 nitrogen and oxygen atoms in total. The SMILES string of the molecule is Cn1cccc1C(=O)N1CCC[C@@H]1C(=O)OC(C)(C)C. The Labute approximate surface area is 119 Å². The Morgan fingerprint density at radius 3 is 2.60 bits per heavy atom. The Balaban J connectivity index is 2.13. The fourth-order valence-electron chi connectivity index (χ4n) is 2.46. The number of aryl methyl sites for hydroxylation is 1. The summed E-state index contributed by atoms with van der Waals surface area (Å²) >= 11 is 0. The van der Waals surface area contributed by atoms with Crippen LogP contribution < -0.4 is 0 Å². The highest BCUT2D eigenvalue weighted by molar-refractivity contribution is 5.96. The molecule has 110 valence electrons. The van der Waals surface area contributed by atoms with Crippen molar-refractivity contribution in [2.75, 3.05) is 6.54 Å². The molecule has 1 aromatic heterocycles. The highest BCUT2D eigenvalue weighted by Crippen LogP contribution is 2.23. The molecular formula is C15H22N2O3. The number of carbonyl (C=O) groups is 2. The summed E-state index contributed by atoms with van der Waals surface area (Å²) in [6, 6.07) is 3.13. The number of ether oxygens (including phenoxy) is 1. The molecular weight excluding hydrogens is 256 g/mol. The normalized spacial score (nSPS) is 19.2. The highest BCUT2D eigenvalue weighted by atomic mass is 16.6. The Bertz CT molecular complexity index is 513. The standard InChI is InChI=1S/C15H22N2O3/c1-15(2,3)20-14(19)12-8-6-10-17(12)13(18)11-7-5-9-16(11)4/h5,7,9,12H,6,8,10H2,1-4H3/t12-/m1/s1. The third kappa shape index (κ3) is 3.03. The van der Waals surface area contributed by atoms with Gasteiger partial charge in [-0.2, -0.15) is 0 Å². The third-order valence-corrected chi connectivity index (χ3v) is 3.36. The van der Waals surface area contributed by atoms with E-state index in [9.17, 15) is 9.59 Å². The second-order valence-corrected chi connectivity index (χ2v) is 6.19. The molecule has 1 aliphatic heterocycles. The van der Waals surface area contributed by atoms with Gasteiger partial charge in [0.15, 0.2) is 0 Å². The van der Waals surface area contributed by atoms with E-state index in [1.165, 1.54) is 0 Å². The first kappa shape index (κ1) is 14.6. The Morgan fingerprint density at radius 2 is 2.05 bits per heavy atom. The van der Waals surface area contributed by atoms with Gasteiger partial charge >= 0.3 is 5.97 Å². The van der Waals surface area contributed by atoms with Crippen molar-refractivity contribution in [3.8, 4) is 0 Å². The van der Waals surface area contributed by atoms with Gasteiger partial charge < -0.3 is 14.2 Å². The molecule has 0 aliphatic carbocycles. The first-order valence-electron chi connectivity index (χ1n) is 6.95. The predicted molar refractivity (Wildman–Crippen MR) is 75.3 cm³/mol. The van der Waals surface area contributed by atoms with Crippen molar-refractivity contribution in [2.45, 2.75) is 45.3 Å². The molecule has 1 saturated heterocycles. The van der Waals surface area contributed by atoms with Gasteiger partial charge in [-0.3, -0.25) is 4.79 Å². The second kappa shape index (κ2) is 5.31. The van der Waals surface area contributed by atoms with Gasteiger partial charge in [0.05, 0.1) is 0 Å². The Morgan fingerprint density at radius 1 is 1.35 bits per heavy atom. The lowest BCUT2D eigenvalue weighted by atomic mass is 10.1. The van der Waals surface area contributed by atoms with Gasteiger partial charge in [-0.15, -0.1) is 0 Å². The minimum atomic E-state index is -0.528. The van der Waals surface area contributed by atoms with E-state index in [-0.39, 0.29) is 11.9 Å². The van der Waals surface area contributed by atoms with E-state index in [4.69, 9.17) is 4.74 Å². The molecule has 1 atom stereocenters. The number of esters is 1. The van der Waals surface area contributed by atoms with Crippen molar-refractivity contribution in [2.24, 2.45) is 7.05 Å². The first-order valence-corrected chi connectivity index (χ1v) is 6.95. The summed E-state index contributed by atoms with van der Waals surface area (Å²) in [5, 5.41) is 0. The van der Waals surface area contributed by atoms with E-state index in [1.807, 2.05) is 40.1 Å². The van der Waals surface area contributed by atoms with Gasteiger partial charge in [-0.25, -0.2) is 4.79 Å². The summed E-state index contributed by atoms with van der Waals surface area (Å²) in [6.07, 6.45) is 3.33. The Hall–Kier alpha value is -1.78. The predicted octanol–water partition coefficient (Wildman–Crippen LogP) is 1.97. The van der Waals surface area contributed by atoms with Crippen LogP contribution in [0.2, 0.25) is 0 Å². The van der Waals surface area contributed by atoms with Crippen LogP contribution in [-0.2, 0) is 16.6 Å². The lowest BCUT2D eigenvalue weighted by molar-refractivity contribution is -0.159. The van der Waals surface area contributed by atoms with E-state index in [0.717, 1.165) is 6.42 Å². The second-order valence-electron chi connectivity index (χ2n) is 6.19. The van der Waals surface area contributed by atoms with Crippen LogP contribution in [-0.4, -0.2) is 39.5 Å². The maximum Gasteiger partial charge on any atom is 0.329 e. The van der Waals surface area contributed by atoms with Gasteiger partial charge in [0.2, 0.25) is 0 Å². The number of aromatic nitrogens is 1. The zero-order chi connectivity index (χ0) is 14.9. The molecule has 0 unspecified atom stereocenters. The number of amides is 1. The molecule has 5 heteroatoms. The molecule has 0 saturated carbocycles. The van der Waals surface area contributed by atoms with Crippen LogP contribution >= 0.6 is 0 Å². The van der Waals surface area contributed by atoms with E-state index < -0.39 is 11.6 Å². The zero-order valence-corrected chi connectivity index (χ0v) is 12.5. The molecule has 1 fully saturated rings. The number of nitrogens with zero attached hydrogens (tertiary/aromatic N) is 2. The van der Waals surface area contributed by atoms with Crippen LogP contribution in [0.3, 0.4) is 0 Å². The van der Waals surface area contributed by atoms with Crippen LogP contribution in [0.1, 0.15) is 44.1 Å². The number of rotatable bonds is 2. The van der Waals surface area contributed by atoms with Crippen molar-refractivity contribution in [1.29, 1.82) is 0 Å². The van der Waals surface area contributed by atoms with Crippen LogP contribution in [0.25, 0.3) is 0 Å². The van der Waals surface area contributed by atoms with Crippen molar-refractivity contribution in [3.63, 3.8) is 0 Å². The zero-order valence-electron chi connectivity index (χ0n) is 12.5. The smallest absolute Gasteiger partial charge is 0.329 e. The maximum absolute atomic E-state index is 12.5. The molecule has 2 heterocycles. The number of hydrogen-bond donors (Lipinski definition) is 0. The molecule has 1 aromatic rings. The largest absolute Gasteiger partial charge is 0.458 e. The fourth-order valence-corrected chi connectivity index (χ4v) is 2.46. The molecule has 0 radical (unpaired) electrons. The molecule has 1 aliphatic rings.